The number of carbonyl (C=O) groups excluding carboxylic acids is 1. The van der Waals surface area contributed by atoms with E-state index in [9.17, 15) is 4.79 Å². The van der Waals surface area contributed by atoms with Crippen LogP contribution in [0, 0.1) is 0 Å². The number of hydrogen-bond acceptors (Lipinski definition) is 3. The largest absolute Gasteiger partial charge is 0.421 e. The molecule has 48 valence electrons. The van der Waals surface area contributed by atoms with Gasteiger partial charge in [-0.3, -0.25) is 4.79 Å². The first kappa shape index (κ1) is 8.02. The van der Waals surface area contributed by atoms with E-state index in [1.54, 1.807) is 0 Å². The molecule has 0 saturated heterocycles. The second-order valence-corrected chi connectivity index (χ2v) is 2.56. The Balaban J connectivity index is 3.06. The third kappa shape index (κ3) is 4.19. The minimum atomic E-state index is 0.0370. The standard InChI is InChI=1S/C3H10O3Si2/c4-3(1-5-7)2-6-8/h1-2H2,7-8H3. The Morgan fingerprint density at radius 3 is 1.88 bits per heavy atom. The first-order valence-corrected chi connectivity index (χ1v) is 3.94. The van der Waals surface area contributed by atoms with Crippen molar-refractivity contribution < 1.29 is 13.6 Å². The fourth-order valence-electron chi connectivity index (χ4n) is 0.364. The summed E-state index contributed by atoms with van der Waals surface area (Å²) >= 11 is 0. The maximum absolute atomic E-state index is 10.4. The average molecular weight is 150 g/mol. The molecule has 0 aromatic heterocycles. The highest BCUT2D eigenvalue weighted by molar-refractivity contribution is 6.01. The molecular weight excluding hydrogens is 140 g/mol. The van der Waals surface area contributed by atoms with Crippen LogP contribution in [0.3, 0.4) is 0 Å². The van der Waals surface area contributed by atoms with Crippen LogP contribution in [0.1, 0.15) is 0 Å². The number of Topliss-reactive ketones (excluding diaryl/α,β-unsaturated/α-hetero) is 1. The van der Waals surface area contributed by atoms with E-state index in [-0.39, 0.29) is 19.0 Å². The van der Waals surface area contributed by atoms with E-state index in [4.69, 9.17) is 0 Å². The Labute approximate surface area is 54.4 Å². The summed E-state index contributed by atoms with van der Waals surface area (Å²) in [4.78, 5) is 10.4. The molecule has 0 rings (SSSR count). The second-order valence-electron chi connectivity index (χ2n) is 1.40. The molecule has 0 spiro atoms. The van der Waals surface area contributed by atoms with Crippen molar-refractivity contribution in [2.75, 3.05) is 13.2 Å². The Morgan fingerprint density at radius 2 is 1.62 bits per heavy atom. The predicted molar refractivity (Wildman–Crippen MR) is 36.8 cm³/mol. The molecule has 0 heterocycles. The molecule has 8 heavy (non-hydrogen) atoms. The SMILES string of the molecule is O=C(CO[SiH3])CO[SiH3]. The van der Waals surface area contributed by atoms with Crippen LogP contribution in [0.2, 0.25) is 0 Å². The van der Waals surface area contributed by atoms with Gasteiger partial charge in [-0.1, -0.05) is 0 Å². The molecule has 5 heteroatoms. The minimum Gasteiger partial charge on any atom is -0.421 e. The summed E-state index contributed by atoms with van der Waals surface area (Å²) in [6.07, 6.45) is 0. The highest BCUT2D eigenvalue weighted by Gasteiger charge is 1.95. The van der Waals surface area contributed by atoms with Gasteiger partial charge in [-0.15, -0.1) is 0 Å². The van der Waals surface area contributed by atoms with Crippen molar-refractivity contribution >= 4 is 26.8 Å². The van der Waals surface area contributed by atoms with Crippen LogP contribution in [0.25, 0.3) is 0 Å². The predicted octanol–water partition coefficient (Wildman–Crippen LogP) is -2.85. The maximum Gasteiger partial charge on any atom is 0.181 e. The smallest absolute Gasteiger partial charge is 0.181 e. The van der Waals surface area contributed by atoms with Gasteiger partial charge in [0.15, 0.2) is 5.78 Å². The lowest BCUT2D eigenvalue weighted by atomic mass is 10.5. The van der Waals surface area contributed by atoms with E-state index in [2.05, 4.69) is 8.85 Å². The normalized spacial score (nSPS) is 10.0. The molecule has 0 bridgehead atoms. The average Bonchev–Trinajstić information content (AvgIpc) is 1.68. The monoisotopic (exact) mass is 150 g/mol. The molecule has 0 aliphatic carbocycles. The van der Waals surface area contributed by atoms with Gasteiger partial charge in [0.25, 0.3) is 0 Å². The third-order valence-corrected chi connectivity index (χ3v) is 1.19. The zero-order chi connectivity index (χ0) is 6.41. The number of hydrogen-bond donors (Lipinski definition) is 0. The number of carbonyl (C=O) groups is 1. The molecule has 3 nitrogen and oxygen atoms in total. The van der Waals surface area contributed by atoms with Gasteiger partial charge in [-0.25, -0.2) is 0 Å². The van der Waals surface area contributed by atoms with Gasteiger partial charge in [-0.05, 0) is 0 Å². The second kappa shape index (κ2) is 5.17. The fraction of sp³-hybridized carbons (Fsp3) is 0.667. The summed E-state index contributed by atoms with van der Waals surface area (Å²) in [5.41, 5.74) is 0. The van der Waals surface area contributed by atoms with Crippen LogP contribution in [-0.4, -0.2) is 40.0 Å². The minimum absolute atomic E-state index is 0.0370. The molecular formula is C3H10O3Si2. The van der Waals surface area contributed by atoms with Crippen LogP contribution in [0.4, 0.5) is 0 Å². The molecule has 0 unspecified atom stereocenters. The molecule has 0 amide bonds. The quantitative estimate of drug-likeness (QED) is 0.405. The Bertz CT molecular complexity index is 66.9. The zero-order valence-electron chi connectivity index (χ0n) is 5.14. The van der Waals surface area contributed by atoms with E-state index >= 15 is 0 Å². The molecule has 0 aliphatic heterocycles. The van der Waals surface area contributed by atoms with Crippen molar-refractivity contribution in [2.45, 2.75) is 0 Å². The summed E-state index contributed by atoms with van der Waals surface area (Å²) in [6, 6.07) is 0. The van der Waals surface area contributed by atoms with E-state index < -0.39 is 0 Å². The van der Waals surface area contributed by atoms with E-state index in [0.717, 1.165) is 0 Å². The first-order valence-electron chi connectivity index (χ1n) is 2.31. The molecule has 0 saturated carbocycles. The van der Waals surface area contributed by atoms with Crippen molar-refractivity contribution in [2.24, 2.45) is 0 Å². The first-order chi connectivity index (χ1) is 3.81. The summed E-state index contributed by atoms with van der Waals surface area (Å²) in [5.74, 6) is 0.0370. The molecule has 0 radical (unpaired) electrons. The van der Waals surface area contributed by atoms with Gasteiger partial charge in [0.2, 0.25) is 0 Å². The molecule has 0 aliphatic rings. The molecule has 0 N–H and O–H groups in total. The maximum atomic E-state index is 10.4. The molecule has 0 atom stereocenters. The van der Waals surface area contributed by atoms with Crippen LogP contribution < -0.4 is 0 Å². The lowest BCUT2D eigenvalue weighted by Gasteiger charge is -1.95. The van der Waals surface area contributed by atoms with Gasteiger partial charge < -0.3 is 8.85 Å². The third-order valence-electron chi connectivity index (χ3n) is 0.611. The Hall–Kier alpha value is 0.0238. The van der Waals surface area contributed by atoms with Crippen LogP contribution in [0.15, 0.2) is 0 Å². The molecule has 0 fully saturated rings. The fourth-order valence-corrected chi connectivity index (χ4v) is 1.01. The van der Waals surface area contributed by atoms with Crippen molar-refractivity contribution in [3.8, 4) is 0 Å². The molecule has 0 aromatic carbocycles. The zero-order valence-corrected chi connectivity index (χ0v) is 9.14. The van der Waals surface area contributed by atoms with Gasteiger partial charge in [0.05, 0.1) is 13.2 Å². The Kier molecular flexibility index (Phi) is 5.18. The van der Waals surface area contributed by atoms with Crippen LogP contribution >= 0.6 is 0 Å². The van der Waals surface area contributed by atoms with Crippen molar-refractivity contribution in [3.05, 3.63) is 0 Å². The summed E-state index contributed by atoms with van der Waals surface area (Å²) < 4.78 is 9.36. The van der Waals surface area contributed by atoms with Gasteiger partial charge >= 0.3 is 0 Å². The van der Waals surface area contributed by atoms with Gasteiger partial charge in [0, 0.05) is 0 Å². The Morgan fingerprint density at radius 1 is 1.25 bits per heavy atom. The number of rotatable bonds is 4. The summed E-state index contributed by atoms with van der Waals surface area (Å²) in [6.45, 7) is 0.461. The lowest BCUT2D eigenvalue weighted by Crippen LogP contribution is -2.13. The van der Waals surface area contributed by atoms with Crippen molar-refractivity contribution in [1.82, 2.24) is 0 Å². The van der Waals surface area contributed by atoms with Gasteiger partial charge in [0.1, 0.15) is 21.0 Å². The van der Waals surface area contributed by atoms with E-state index in [1.165, 1.54) is 0 Å². The van der Waals surface area contributed by atoms with E-state index in [0.29, 0.717) is 21.0 Å². The van der Waals surface area contributed by atoms with Crippen LogP contribution in [-0.2, 0) is 13.6 Å². The summed E-state index contributed by atoms with van der Waals surface area (Å²) in [5, 5.41) is 0. The molecule has 0 aromatic rings. The topological polar surface area (TPSA) is 35.5 Å². The van der Waals surface area contributed by atoms with Gasteiger partial charge in [-0.2, -0.15) is 0 Å². The van der Waals surface area contributed by atoms with Crippen molar-refractivity contribution in [3.63, 3.8) is 0 Å². The van der Waals surface area contributed by atoms with Crippen LogP contribution in [0.5, 0.6) is 0 Å². The van der Waals surface area contributed by atoms with Crippen molar-refractivity contribution in [1.29, 1.82) is 0 Å². The summed E-state index contributed by atoms with van der Waals surface area (Å²) in [7, 11) is 1.26. The highest BCUT2D eigenvalue weighted by atomic mass is 28.2. The lowest BCUT2D eigenvalue weighted by molar-refractivity contribution is -0.122. The number of ketones is 1. The highest BCUT2D eigenvalue weighted by Crippen LogP contribution is 1.72. The van der Waals surface area contributed by atoms with E-state index in [1.807, 2.05) is 0 Å².